The molecule has 2 aromatic rings. The van der Waals surface area contributed by atoms with Crippen molar-refractivity contribution in [2.45, 2.75) is 31.5 Å². The summed E-state index contributed by atoms with van der Waals surface area (Å²) < 4.78 is 26.3. The van der Waals surface area contributed by atoms with Gasteiger partial charge in [0.2, 0.25) is 6.43 Å². The van der Waals surface area contributed by atoms with Gasteiger partial charge in [0.25, 0.3) is 0 Å². The van der Waals surface area contributed by atoms with E-state index in [-0.39, 0.29) is 5.75 Å². The molecule has 0 amide bonds. The van der Waals surface area contributed by atoms with E-state index in [0.717, 1.165) is 30.6 Å². The molecule has 0 aliphatic carbocycles. The Bertz CT molecular complexity index is 482. The van der Waals surface area contributed by atoms with Gasteiger partial charge in [-0.15, -0.1) is 21.5 Å². The predicted molar refractivity (Wildman–Crippen MR) is 69.5 cm³/mol. The second kappa shape index (κ2) is 6.29. The predicted octanol–water partition coefficient (Wildman–Crippen LogP) is 3.25. The highest BCUT2D eigenvalue weighted by atomic mass is 32.2. The summed E-state index contributed by atoms with van der Waals surface area (Å²) in [5, 5.41) is 10.5. The number of halogens is 2. The lowest BCUT2D eigenvalue weighted by Crippen LogP contribution is -2.05. The SMILES string of the molecule is Cc1nnc(SCC(F)F)n1CCc1cccs1. The average molecular weight is 289 g/mol. The smallest absolute Gasteiger partial charge is 0.248 e. The molecule has 7 heteroatoms. The number of hydrogen-bond acceptors (Lipinski definition) is 4. The molecule has 0 unspecified atom stereocenters. The summed E-state index contributed by atoms with van der Waals surface area (Å²) in [5.74, 6) is 0.528. The van der Waals surface area contributed by atoms with Crippen LogP contribution in [0.15, 0.2) is 22.7 Å². The van der Waals surface area contributed by atoms with Gasteiger partial charge in [-0.25, -0.2) is 8.78 Å². The Morgan fingerprint density at radius 1 is 1.44 bits per heavy atom. The maximum atomic E-state index is 12.2. The Labute approximate surface area is 112 Å². The number of aromatic nitrogens is 3. The summed E-state index contributed by atoms with van der Waals surface area (Å²) in [6, 6.07) is 4.07. The second-order valence-corrected chi connectivity index (χ2v) is 5.73. The standard InChI is InChI=1S/C11H13F2N3S2/c1-8-14-15-11(18-7-10(12)13)16(8)5-4-9-3-2-6-17-9/h2-3,6,10H,4-5,7H2,1H3. The van der Waals surface area contributed by atoms with Crippen LogP contribution >= 0.6 is 23.1 Å². The van der Waals surface area contributed by atoms with Gasteiger partial charge in [-0.3, -0.25) is 0 Å². The van der Waals surface area contributed by atoms with Gasteiger partial charge in [0.05, 0.1) is 5.75 Å². The van der Waals surface area contributed by atoms with E-state index in [4.69, 9.17) is 0 Å². The number of aryl methyl sites for hydroxylation is 2. The number of hydrogen-bond donors (Lipinski definition) is 0. The molecule has 0 N–H and O–H groups in total. The molecule has 0 radical (unpaired) electrons. The van der Waals surface area contributed by atoms with Crippen LogP contribution in [0.1, 0.15) is 10.7 Å². The van der Waals surface area contributed by atoms with Crippen molar-refractivity contribution in [3.63, 3.8) is 0 Å². The van der Waals surface area contributed by atoms with Gasteiger partial charge in [0.1, 0.15) is 5.82 Å². The molecule has 18 heavy (non-hydrogen) atoms. The molecule has 2 rings (SSSR count). The van der Waals surface area contributed by atoms with Crippen LogP contribution in [0.3, 0.4) is 0 Å². The largest absolute Gasteiger partial charge is 0.306 e. The molecular formula is C11H13F2N3S2. The van der Waals surface area contributed by atoms with Crippen molar-refractivity contribution in [1.82, 2.24) is 14.8 Å². The van der Waals surface area contributed by atoms with Crippen molar-refractivity contribution in [2.75, 3.05) is 5.75 Å². The molecule has 2 aromatic heterocycles. The Kier molecular flexibility index (Phi) is 4.71. The molecule has 0 spiro atoms. The third-order valence-corrected chi connectivity index (χ3v) is 4.32. The van der Waals surface area contributed by atoms with Crippen molar-refractivity contribution >= 4 is 23.1 Å². The van der Waals surface area contributed by atoms with Crippen LogP contribution in [0.4, 0.5) is 8.78 Å². The van der Waals surface area contributed by atoms with Crippen LogP contribution in [0.25, 0.3) is 0 Å². The first-order valence-corrected chi connectivity index (χ1v) is 7.36. The monoisotopic (exact) mass is 289 g/mol. The minimum atomic E-state index is -2.32. The van der Waals surface area contributed by atoms with E-state index in [0.29, 0.717) is 5.16 Å². The summed E-state index contributed by atoms with van der Waals surface area (Å²) in [7, 11) is 0. The molecular weight excluding hydrogens is 276 g/mol. The average Bonchev–Trinajstić information content (AvgIpc) is 2.94. The summed E-state index contributed by atoms with van der Waals surface area (Å²) in [6.07, 6.45) is -1.45. The lowest BCUT2D eigenvalue weighted by Gasteiger charge is -2.07. The fourth-order valence-corrected chi connectivity index (χ4v) is 2.99. The van der Waals surface area contributed by atoms with E-state index >= 15 is 0 Å². The third kappa shape index (κ3) is 3.52. The Morgan fingerprint density at radius 2 is 2.28 bits per heavy atom. The number of rotatable bonds is 6. The first kappa shape index (κ1) is 13.5. The van der Waals surface area contributed by atoms with Gasteiger partial charge >= 0.3 is 0 Å². The van der Waals surface area contributed by atoms with Crippen molar-refractivity contribution in [2.24, 2.45) is 0 Å². The zero-order valence-electron chi connectivity index (χ0n) is 9.84. The maximum absolute atomic E-state index is 12.2. The lowest BCUT2D eigenvalue weighted by atomic mass is 10.3. The zero-order valence-corrected chi connectivity index (χ0v) is 11.5. The summed E-state index contributed by atoms with van der Waals surface area (Å²) in [4.78, 5) is 1.27. The first-order chi connectivity index (χ1) is 8.66. The number of thioether (sulfide) groups is 1. The molecule has 0 saturated heterocycles. The molecule has 98 valence electrons. The van der Waals surface area contributed by atoms with Crippen LogP contribution in [0, 0.1) is 6.92 Å². The van der Waals surface area contributed by atoms with E-state index < -0.39 is 6.43 Å². The van der Waals surface area contributed by atoms with Gasteiger partial charge in [-0.2, -0.15) is 0 Å². The van der Waals surface area contributed by atoms with E-state index in [1.54, 1.807) is 11.3 Å². The summed E-state index contributed by atoms with van der Waals surface area (Å²) in [6.45, 7) is 2.57. The molecule has 0 aromatic carbocycles. The van der Waals surface area contributed by atoms with Crippen LogP contribution in [-0.2, 0) is 13.0 Å². The van der Waals surface area contributed by atoms with Gasteiger partial charge in [-0.05, 0) is 24.8 Å². The van der Waals surface area contributed by atoms with Crippen molar-refractivity contribution in [3.8, 4) is 0 Å². The fourth-order valence-electron chi connectivity index (χ4n) is 1.54. The topological polar surface area (TPSA) is 30.7 Å². The molecule has 0 saturated carbocycles. The van der Waals surface area contributed by atoms with Crippen LogP contribution in [0.5, 0.6) is 0 Å². The molecule has 3 nitrogen and oxygen atoms in total. The van der Waals surface area contributed by atoms with Gasteiger partial charge in [0.15, 0.2) is 5.16 Å². The van der Waals surface area contributed by atoms with E-state index in [2.05, 4.69) is 16.3 Å². The van der Waals surface area contributed by atoms with Gasteiger partial charge in [0, 0.05) is 11.4 Å². The van der Waals surface area contributed by atoms with Crippen LogP contribution < -0.4 is 0 Å². The number of thiophene rings is 1. The molecule has 2 heterocycles. The number of alkyl halides is 2. The minimum Gasteiger partial charge on any atom is -0.306 e. The van der Waals surface area contributed by atoms with Gasteiger partial charge < -0.3 is 4.57 Å². The van der Waals surface area contributed by atoms with Crippen molar-refractivity contribution in [3.05, 3.63) is 28.2 Å². The van der Waals surface area contributed by atoms with Crippen LogP contribution in [-0.4, -0.2) is 26.9 Å². The van der Waals surface area contributed by atoms with Crippen molar-refractivity contribution in [1.29, 1.82) is 0 Å². The Balaban J connectivity index is 1.99. The highest BCUT2D eigenvalue weighted by Gasteiger charge is 2.12. The highest BCUT2D eigenvalue weighted by Crippen LogP contribution is 2.20. The highest BCUT2D eigenvalue weighted by molar-refractivity contribution is 7.99. The minimum absolute atomic E-state index is 0.239. The first-order valence-electron chi connectivity index (χ1n) is 5.50. The molecule has 0 fully saturated rings. The molecule has 0 bridgehead atoms. The Morgan fingerprint density at radius 3 is 2.94 bits per heavy atom. The second-order valence-electron chi connectivity index (χ2n) is 3.71. The molecule has 0 aliphatic rings. The Hall–Kier alpha value is -0.950. The van der Waals surface area contributed by atoms with Gasteiger partial charge in [-0.1, -0.05) is 17.8 Å². The summed E-state index contributed by atoms with van der Waals surface area (Å²) in [5.41, 5.74) is 0. The van der Waals surface area contributed by atoms with E-state index in [1.807, 2.05) is 22.9 Å². The lowest BCUT2D eigenvalue weighted by molar-refractivity contribution is 0.176. The van der Waals surface area contributed by atoms with E-state index in [9.17, 15) is 8.78 Å². The maximum Gasteiger partial charge on any atom is 0.248 e. The number of nitrogens with zero attached hydrogens (tertiary/aromatic N) is 3. The molecule has 0 atom stereocenters. The normalized spacial score (nSPS) is 11.3. The quantitative estimate of drug-likeness (QED) is 0.765. The third-order valence-electron chi connectivity index (χ3n) is 2.40. The molecule has 0 aliphatic heterocycles. The van der Waals surface area contributed by atoms with Crippen LogP contribution in [0.2, 0.25) is 0 Å². The summed E-state index contributed by atoms with van der Waals surface area (Å²) >= 11 is 2.75. The zero-order chi connectivity index (χ0) is 13.0. The van der Waals surface area contributed by atoms with E-state index in [1.165, 1.54) is 4.88 Å². The van der Waals surface area contributed by atoms with Crippen molar-refractivity contribution < 1.29 is 8.78 Å². The fraction of sp³-hybridized carbons (Fsp3) is 0.455.